The summed E-state index contributed by atoms with van der Waals surface area (Å²) in [5.41, 5.74) is 0.773. The van der Waals surface area contributed by atoms with E-state index < -0.39 is 0 Å². The summed E-state index contributed by atoms with van der Waals surface area (Å²) in [7, 11) is 0. The summed E-state index contributed by atoms with van der Waals surface area (Å²) in [4.78, 5) is 11.1. The van der Waals surface area contributed by atoms with Gasteiger partial charge in [-0.3, -0.25) is 8.75 Å². The third-order valence-corrected chi connectivity index (χ3v) is 2.33. The van der Waals surface area contributed by atoms with E-state index in [0.717, 1.165) is 6.54 Å². The quantitative estimate of drug-likeness (QED) is 0.635. The van der Waals surface area contributed by atoms with Gasteiger partial charge < -0.3 is 0 Å². The van der Waals surface area contributed by atoms with Crippen molar-refractivity contribution in [2.24, 2.45) is 0 Å². The largest absolute Gasteiger partial charge is 0.268 e. The first-order valence-corrected chi connectivity index (χ1v) is 3.94. The molecule has 0 saturated heterocycles. The molecule has 0 spiro atoms. The van der Waals surface area contributed by atoms with E-state index in [1.54, 1.807) is 10.0 Å². The second kappa shape index (κ2) is 2.84. The molecule has 0 unspecified atom stereocenters. The molecule has 0 fully saturated rings. The number of aryl methyl sites for hydroxylation is 1. The van der Waals surface area contributed by atoms with Crippen LogP contribution in [0, 0.1) is 0 Å². The second-order valence-corrected chi connectivity index (χ2v) is 2.77. The van der Waals surface area contributed by atoms with E-state index in [-0.39, 0.29) is 5.56 Å². The first kappa shape index (κ1) is 7.28. The molecular weight excluding hydrogens is 146 g/mol. The van der Waals surface area contributed by atoms with Crippen LogP contribution in [0.3, 0.4) is 0 Å². The second-order valence-electron chi connectivity index (χ2n) is 1.88. The van der Waals surface area contributed by atoms with E-state index in [9.17, 15) is 4.79 Å². The lowest BCUT2D eigenvalue weighted by Crippen LogP contribution is -2.12. The predicted molar refractivity (Wildman–Crippen MR) is 44.3 cm³/mol. The highest BCUT2D eigenvalue weighted by molar-refractivity contribution is 7.04. The minimum atomic E-state index is 0.0718. The lowest BCUT2D eigenvalue weighted by molar-refractivity contribution is 0.809. The Morgan fingerprint density at radius 2 is 2.60 bits per heavy atom. The van der Waals surface area contributed by atoms with Gasteiger partial charge in [0.1, 0.15) is 0 Å². The molecule has 0 amide bonds. The molecule has 0 aromatic carbocycles. The van der Waals surface area contributed by atoms with E-state index in [1.807, 2.05) is 12.3 Å². The van der Waals surface area contributed by atoms with E-state index >= 15 is 0 Å². The molecule has 0 radical (unpaired) electrons. The Morgan fingerprint density at radius 1 is 1.90 bits per heavy atom. The Bertz CT molecular complexity index is 284. The lowest BCUT2D eigenvalue weighted by atomic mass is 10.4. The molecule has 1 heterocycles. The highest BCUT2D eigenvalue weighted by atomic mass is 32.1. The van der Waals surface area contributed by atoms with Gasteiger partial charge in [-0.15, -0.1) is 0 Å². The number of rotatable bonds is 2. The number of nitrogens with zero attached hydrogens (tertiary/aromatic N) is 1. The van der Waals surface area contributed by atoms with E-state index in [4.69, 9.17) is 0 Å². The van der Waals surface area contributed by atoms with Crippen LogP contribution in [0.25, 0.3) is 6.08 Å². The van der Waals surface area contributed by atoms with E-state index in [2.05, 4.69) is 6.58 Å². The molecule has 0 N–H and O–H groups in total. The molecule has 0 aliphatic heterocycles. The van der Waals surface area contributed by atoms with E-state index in [0.29, 0.717) is 5.56 Å². The zero-order valence-corrected chi connectivity index (χ0v) is 6.65. The molecule has 0 saturated carbocycles. The van der Waals surface area contributed by atoms with Gasteiger partial charge in [0.15, 0.2) is 0 Å². The monoisotopic (exact) mass is 155 g/mol. The van der Waals surface area contributed by atoms with Crippen LogP contribution in [-0.2, 0) is 6.54 Å². The van der Waals surface area contributed by atoms with Crippen LogP contribution >= 0.6 is 11.5 Å². The van der Waals surface area contributed by atoms with Gasteiger partial charge in [-0.25, -0.2) is 0 Å². The van der Waals surface area contributed by atoms with Gasteiger partial charge in [0.25, 0.3) is 5.56 Å². The van der Waals surface area contributed by atoms with Crippen LogP contribution in [-0.4, -0.2) is 3.96 Å². The van der Waals surface area contributed by atoms with Crippen LogP contribution in [0.1, 0.15) is 12.5 Å². The fourth-order valence-electron chi connectivity index (χ4n) is 0.716. The normalized spacial score (nSPS) is 9.70. The zero-order valence-electron chi connectivity index (χ0n) is 5.83. The van der Waals surface area contributed by atoms with Crippen molar-refractivity contribution in [3.05, 3.63) is 27.9 Å². The molecular formula is C7H9NOS. The van der Waals surface area contributed by atoms with Crippen molar-refractivity contribution in [1.29, 1.82) is 0 Å². The van der Waals surface area contributed by atoms with Crippen molar-refractivity contribution in [3.63, 3.8) is 0 Å². The minimum absolute atomic E-state index is 0.0718. The van der Waals surface area contributed by atoms with Crippen LogP contribution < -0.4 is 5.56 Å². The Morgan fingerprint density at radius 3 is 2.90 bits per heavy atom. The highest BCUT2D eigenvalue weighted by Gasteiger charge is 1.99. The predicted octanol–water partition coefficient (Wildman–Crippen LogP) is 1.57. The summed E-state index contributed by atoms with van der Waals surface area (Å²) >= 11 is 1.43. The van der Waals surface area contributed by atoms with Gasteiger partial charge in [0.2, 0.25) is 0 Å². The molecule has 1 aromatic heterocycles. The van der Waals surface area contributed by atoms with E-state index in [1.165, 1.54) is 11.5 Å². The SMILES string of the molecule is C=Cc1csn(CC)c1=O. The summed E-state index contributed by atoms with van der Waals surface area (Å²) in [5.74, 6) is 0. The third kappa shape index (κ3) is 1.04. The standard InChI is InChI=1S/C7H9NOS/c1-3-6-5-10-8(4-2)7(6)9/h3,5H,1,4H2,2H3. The topological polar surface area (TPSA) is 22.0 Å². The third-order valence-electron chi connectivity index (χ3n) is 1.29. The summed E-state index contributed by atoms with van der Waals surface area (Å²) in [5, 5.41) is 1.82. The smallest absolute Gasteiger partial charge is 0.267 e. The van der Waals surface area contributed by atoms with Gasteiger partial charge in [-0.1, -0.05) is 24.2 Å². The summed E-state index contributed by atoms with van der Waals surface area (Å²) < 4.78 is 1.69. The maximum atomic E-state index is 11.1. The number of aromatic nitrogens is 1. The van der Waals surface area contributed by atoms with Crippen molar-refractivity contribution < 1.29 is 0 Å². The average molecular weight is 155 g/mol. The van der Waals surface area contributed by atoms with Gasteiger partial charge in [0, 0.05) is 11.9 Å². The minimum Gasteiger partial charge on any atom is -0.268 e. The molecule has 1 rings (SSSR count). The maximum absolute atomic E-state index is 11.1. The zero-order chi connectivity index (χ0) is 7.56. The molecule has 0 bridgehead atoms. The fourth-order valence-corrected chi connectivity index (χ4v) is 1.50. The average Bonchev–Trinajstić information content (AvgIpc) is 2.30. The fraction of sp³-hybridized carbons (Fsp3) is 0.286. The number of hydrogen-bond donors (Lipinski definition) is 0. The molecule has 54 valence electrons. The molecule has 2 nitrogen and oxygen atoms in total. The Kier molecular flexibility index (Phi) is 2.06. The molecule has 0 atom stereocenters. The summed E-state index contributed by atoms with van der Waals surface area (Å²) in [6, 6.07) is 0. The van der Waals surface area contributed by atoms with Crippen LogP contribution in [0.15, 0.2) is 16.8 Å². The Balaban J connectivity index is 3.21. The Labute approximate surface area is 63.6 Å². The van der Waals surface area contributed by atoms with Crippen LogP contribution in [0.2, 0.25) is 0 Å². The van der Waals surface area contributed by atoms with Gasteiger partial charge in [-0.2, -0.15) is 0 Å². The van der Waals surface area contributed by atoms with Crippen LogP contribution in [0.5, 0.6) is 0 Å². The molecule has 1 aromatic rings. The first-order chi connectivity index (χ1) is 4.79. The maximum Gasteiger partial charge on any atom is 0.267 e. The number of hydrogen-bond acceptors (Lipinski definition) is 2. The molecule has 3 heteroatoms. The summed E-state index contributed by atoms with van der Waals surface area (Å²) in [6.07, 6.45) is 1.59. The highest BCUT2D eigenvalue weighted by Crippen LogP contribution is 2.00. The van der Waals surface area contributed by atoms with Gasteiger partial charge in [0.05, 0.1) is 5.56 Å². The summed E-state index contributed by atoms with van der Waals surface area (Å²) in [6.45, 7) is 6.23. The molecule has 10 heavy (non-hydrogen) atoms. The van der Waals surface area contributed by atoms with Crippen molar-refractivity contribution in [2.45, 2.75) is 13.5 Å². The van der Waals surface area contributed by atoms with Crippen molar-refractivity contribution in [1.82, 2.24) is 3.96 Å². The van der Waals surface area contributed by atoms with Crippen molar-refractivity contribution in [2.75, 3.05) is 0 Å². The molecule has 0 aliphatic rings. The van der Waals surface area contributed by atoms with Crippen molar-refractivity contribution in [3.8, 4) is 0 Å². The van der Waals surface area contributed by atoms with Crippen molar-refractivity contribution >= 4 is 17.6 Å². The first-order valence-electron chi connectivity index (χ1n) is 3.10. The van der Waals surface area contributed by atoms with Gasteiger partial charge >= 0.3 is 0 Å². The molecule has 0 aliphatic carbocycles. The Hall–Kier alpha value is -0.830. The van der Waals surface area contributed by atoms with Gasteiger partial charge in [-0.05, 0) is 6.92 Å². The van der Waals surface area contributed by atoms with Crippen LogP contribution in [0.4, 0.5) is 0 Å². The lowest BCUT2D eigenvalue weighted by Gasteiger charge is -1.88.